The molecule has 1 atom stereocenters. The number of nitrogens with one attached hydrogen (secondary N) is 2. The summed E-state index contributed by atoms with van der Waals surface area (Å²) < 4.78 is 0.965. The Morgan fingerprint density at radius 3 is 2.92 bits per heavy atom. The molecule has 1 aromatic carbocycles. The number of nitro groups is 1. The average molecular weight is 357 g/mol. The molecule has 2 aromatic rings. The van der Waals surface area contributed by atoms with Crippen molar-refractivity contribution in [1.29, 1.82) is 0 Å². The van der Waals surface area contributed by atoms with Crippen LogP contribution in [0.5, 0.6) is 5.88 Å². The summed E-state index contributed by atoms with van der Waals surface area (Å²) in [7, 11) is 0. The molecule has 1 aromatic heterocycles. The predicted molar refractivity (Wildman–Crippen MR) is 93.3 cm³/mol. The second kappa shape index (κ2) is 6.67. The van der Waals surface area contributed by atoms with E-state index in [1.54, 1.807) is 12.1 Å². The molecule has 0 unspecified atom stereocenters. The number of aromatic nitrogens is 2. The maximum atomic E-state index is 12.1. The van der Waals surface area contributed by atoms with Gasteiger partial charge in [0.05, 0.1) is 16.7 Å². The lowest BCUT2D eigenvalue weighted by Crippen LogP contribution is -2.33. The van der Waals surface area contributed by atoms with Crippen LogP contribution < -0.4 is 16.7 Å². The summed E-state index contributed by atoms with van der Waals surface area (Å²) in [5.74, 6) is -0.501. The third-order valence-corrected chi connectivity index (χ3v) is 4.01. The van der Waals surface area contributed by atoms with E-state index in [4.69, 9.17) is 0 Å². The zero-order valence-electron chi connectivity index (χ0n) is 13.5. The molecular formula is C16H15N5O5. The second-order valence-corrected chi connectivity index (χ2v) is 5.65. The number of benzene rings is 1. The Hall–Kier alpha value is -3.69. The number of nitrogens with zero attached hydrogens (tertiary/aromatic N) is 3. The average Bonchev–Trinajstić information content (AvgIpc) is 3.08. The van der Waals surface area contributed by atoms with E-state index in [0.29, 0.717) is 5.56 Å². The van der Waals surface area contributed by atoms with E-state index in [1.807, 2.05) is 0 Å². The summed E-state index contributed by atoms with van der Waals surface area (Å²) >= 11 is 0. The molecule has 0 amide bonds. The van der Waals surface area contributed by atoms with Gasteiger partial charge in [0.15, 0.2) is 0 Å². The summed E-state index contributed by atoms with van der Waals surface area (Å²) in [5, 5.41) is 25.3. The molecule has 0 spiro atoms. The van der Waals surface area contributed by atoms with Crippen LogP contribution >= 0.6 is 0 Å². The predicted octanol–water partition coefficient (Wildman–Crippen LogP) is 0.775. The van der Waals surface area contributed by atoms with Crippen LogP contribution in [0.2, 0.25) is 0 Å². The van der Waals surface area contributed by atoms with Crippen molar-refractivity contribution in [3.8, 4) is 5.88 Å². The number of allylic oxidation sites excluding steroid dienone is 1. The second-order valence-electron chi connectivity index (χ2n) is 5.65. The number of hydrogen-bond donors (Lipinski definition) is 3. The summed E-state index contributed by atoms with van der Waals surface area (Å²) in [6.45, 7) is 3.52. The van der Waals surface area contributed by atoms with Crippen LogP contribution in [-0.2, 0) is 6.54 Å². The van der Waals surface area contributed by atoms with Crippen LogP contribution in [0.1, 0.15) is 23.6 Å². The van der Waals surface area contributed by atoms with Gasteiger partial charge >= 0.3 is 5.69 Å². The highest BCUT2D eigenvalue weighted by atomic mass is 16.6. The van der Waals surface area contributed by atoms with Crippen molar-refractivity contribution in [3.05, 3.63) is 79.0 Å². The molecule has 0 saturated carbocycles. The summed E-state index contributed by atoms with van der Waals surface area (Å²) in [6.07, 6.45) is 1.62. The van der Waals surface area contributed by atoms with Crippen molar-refractivity contribution in [2.24, 2.45) is 5.10 Å². The molecule has 0 bridgehead atoms. The fourth-order valence-electron chi connectivity index (χ4n) is 2.76. The van der Waals surface area contributed by atoms with Crippen LogP contribution in [-0.4, -0.2) is 25.3 Å². The van der Waals surface area contributed by atoms with Gasteiger partial charge in [-0.2, -0.15) is 5.10 Å². The summed E-state index contributed by atoms with van der Waals surface area (Å²) in [5.41, 5.74) is 1.98. The van der Waals surface area contributed by atoms with E-state index in [9.17, 15) is 24.8 Å². The molecule has 134 valence electrons. The van der Waals surface area contributed by atoms with Crippen LogP contribution in [0.25, 0.3) is 0 Å². The Bertz CT molecular complexity index is 1040. The number of non-ortho nitro benzene ring substituents is 1. The first kappa shape index (κ1) is 17.1. The van der Waals surface area contributed by atoms with Gasteiger partial charge in [-0.15, -0.1) is 6.58 Å². The third-order valence-electron chi connectivity index (χ3n) is 4.01. The molecule has 2 heterocycles. The molecular weight excluding hydrogens is 342 g/mol. The number of aromatic hydroxyl groups is 1. The Morgan fingerprint density at radius 1 is 1.46 bits per heavy atom. The van der Waals surface area contributed by atoms with E-state index >= 15 is 0 Å². The van der Waals surface area contributed by atoms with Crippen LogP contribution in [0.4, 0.5) is 5.69 Å². The van der Waals surface area contributed by atoms with Crippen molar-refractivity contribution in [2.75, 3.05) is 0 Å². The van der Waals surface area contributed by atoms with Gasteiger partial charge in [-0.05, 0) is 5.56 Å². The first-order valence-corrected chi connectivity index (χ1v) is 7.66. The molecule has 3 N–H and O–H groups in total. The number of rotatable bonds is 5. The lowest BCUT2D eigenvalue weighted by Gasteiger charge is -2.11. The molecule has 1 aliphatic heterocycles. The zero-order valence-corrected chi connectivity index (χ0v) is 13.5. The molecule has 0 fully saturated rings. The lowest BCUT2D eigenvalue weighted by molar-refractivity contribution is -0.384. The Balaban J connectivity index is 1.94. The van der Waals surface area contributed by atoms with Gasteiger partial charge in [0.1, 0.15) is 5.56 Å². The minimum atomic E-state index is -0.756. The smallest absolute Gasteiger partial charge is 0.331 e. The van der Waals surface area contributed by atoms with Gasteiger partial charge < -0.3 is 10.5 Å². The largest absolute Gasteiger partial charge is 0.494 e. The van der Waals surface area contributed by atoms with Gasteiger partial charge in [0.2, 0.25) is 5.88 Å². The maximum Gasteiger partial charge on any atom is 0.331 e. The molecule has 3 rings (SSSR count). The highest BCUT2D eigenvalue weighted by Gasteiger charge is 2.27. The van der Waals surface area contributed by atoms with Crippen molar-refractivity contribution < 1.29 is 10.0 Å². The van der Waals surface area contributed by atoms with E-state index in [1.165, 1.54) is 18.2 Å². The van der Waals surface area contributed by atoms with E-state index in [0.717, 1.165) is 4.57 Å². The van der Waals surface area contributed by atoms with Crippen molar-refractivity contribution in [3.63, 3.8) is 0 Å². The quantitative estimate of drug-likeness (QED) is 0.410. The van der Waals surface area contributed by atoms with Gasteiger partial charge in [-0.1, -0.05) is 18.2 Å². The van der Waals surface area contributed by atoms with Gasteiger partial charge in [0.25, 0.3) is 11.2 Å². The molecule has 0 radical (unpaired) electrons. The van der Waals surface area contributed by atoms with Crippen LogP contribution in [0, 0.1) is 10.1 Å². The standard InChI is InChI=1S/C16H15N5O5/c1-2-6-20-15(23)13(14(22)17-16(20)24)12-8-11(18-19-12)9-4-3-5-10(7-9)21(25)26/h2-5,7,11,18,23H,1,6,8H2,(H,17,22,24)/t11-/m0/s1. The minimum absolute atomic E-state index is 0.0173. The van der Waals surface area contributed by atoms with Crippen molar-refractivity contribution in [2.45, 2.75) is 19.0 Å². The topological polar surface area (TPSA) is 143 Å². The third kappa shape index (κ3) is 2.99. The number of hydrogen-bond acceptors (Lipinski definition) is 7. The van der Waals surface area contributed by atoms with Gasteiger partial charge in [-0.3, -0.25) is 24.5 Å². The molecule has 26 heavy (non-hydrogen) atoms. The fraction of sp³-hybridized carbons (Fsp3) is 0.188. The zero-order chi connectivity index (χ0) is 18.8. The van der Waals surface area contributed by atoms with Crippen LogP contribution in [0.3, 0.4) is 0 Å². The van der Waals surface area contributed by atoms with Crippen molar-refractivity contribution in [1.82, 2.24) is 15.0 Å². The first-order chi connectivity index (χ1) is 12.4. The molecule has 1 aliphatic rings. The van der Waals surface area contributed by atoms with Gasteiger partial charge in [0, 0.05) is 25.1 Å². The van der Waals surface area contributed by atoms with Gasteiger partial charge in [-0.25, -0.2) is 4.79 Å². The van der Waals surface area contributed by atoms with E-state index < -0.39 is 28.1 Å². The Morgan fingerprint density at radius 2 is 2.23 bits per heavy atom. The normalized spacial score (nSPS) is 16.0. The highest BCUT2D eigenvalue weighted by molar-refractivity contribution is 6.03. The molecule has 10 heteroatoms. The molecule has 0 saturated heterocycles. The Kier molecular flexibility index (Phi) is 4.40. The first-order valence-electron chi connectivity index (χ1n) is 7.66. The molecule has 0 aliphatic carbocycles. The number of hydrazone groups is 1. The maximum absolute atomic E-state index is 12.1. The number of aromatic amines is 1. The molecule has 10 nitrogen and oxygen atoms in total. The number of nitro benzene ring substituents is 1. The minimum Gasteiger partial charge on any atom is -0.494 e. The van der Waals surface area contributed by atoms with E-state index in [-0.39, 0.29) is 29.9 Å². The number of H-pyrrole nitrogens is 1. The highest BCUT2D eigenvalue weighted by Crippen LogP contribution is 2.27. The summed E-state index contributed by atoms with van der Waals surface area (Å²) in [6, 6.07) is 5.65. The fourth-order valence-corrected chi connectivity index (χ4v) is 2.76. The van der Waals surface area contributed by atoms with Crippen molar-refractivity contribution >= 4 is 11.4 Å². The summed E-state index contributed by atoms with van der Waals surface area (Å²) in [4.78, 5) is 36.5. The monoisotopic (exact) mass is 357 g/mol. The van der Waals surface area contributed by atoms with E-state index in [2.05, 4.69) is 22.1 Å². The van der Waals surface area contributed by atoms with Crippen LogP contribution in [0.15, 0.2) is 51.6 Å². The lowest BCUT2D eigenvalue weighted by atomic mass is 9.99. The SMILES string of the molecule is C=CCn1c(O)c(C2=NN[C@H](c3cccc([N+](=O)[O-])c3)C2)c(=O)[nH]c1=O. The Labute approximate surface area is 146 Å².